The Kier molecular flexibility index (Phi) is 6.59. The van der Waals surface area contributed by atoms with E-state index in [0.717, 1.165) is 36.8 Å². The van der Waals surface area contributed by atoms with Gasteiger partial charge < -0.3 is 15.1 Å². The Bertz CT molecular complexity index is 1060. The number of hydrogen-bond acceptors (Lipinski definition) is 5. The molecule has 0 radical (unpaired) electrons. The number of nitrogens with zero attached hydrogens (tertiary/aromatic N) is 3. The molecule has 0 unspecified atom stereocenters. The summed E-state index contributed by atoms with van der Waals surface area (Å²) in [6.45, 7) is 8.35. The number of aromatic nitrogens is 1. The first-order valence-corrected chi connectivity index (χ1v) is 11.4. The van der Waals surface area contributed by atoms with Crippen molar-refractivity contribution in [1.29, 1.82) is 0 Å². The standard InChI is InChI=1S/C25H28N4OS/c1-18-6-11-23(19(2)17-18)31-25-22(5-4-12-26-25)24(30)27-20-7-9-21(10-8-20)29-15-13-28(3)14-16-29/h4-12,17H,13-16H2,1-3H3,(H,27,30). The molecule has 1 amide bonds. The number of carbonyl (C=O) groups excluding carboxylic acids is 1. The third kappa shape index (κ3) is 5.27. The Morgan fingerprint density at radius 1 is 1.00 bits per heavy atom. The monoisotopic (exact) mass is 432 g/mol. The molecule has 1 fully saturated rings. The highest BCUT2D eigenvalue weighted by molar-refractivity contribution is 7.99. The second-order valence-corrected chi connectivity index (χ2v) is 9.05. The molecule has 5 nitrogen and oxygen atoms in total. The second-order valence-electron chi connectivity index (χ2n) is 8.02. The highest BCUT2D eigenvalue weighted by Crippen LogP contribution is 2.32. The summed E-state index contributed by atoms with van der Waals surface area (Å²) >= 11 is 1.53. The summed E-state index contributed by atoms with van der Waals surface area (Å²) in [7, 11) is 2.15. The average molecular weight is 433 g/mol. The summed E-state index contributed by atoms with van der Waals surface area (Å²) in [5.74, 6) is -0.146. The lowest BCUT2D eigenvalue weighted by molar-refractivity contribution is 0.102. The van der Waals surface area contributed by atoms with Crippen molar-refractivity contribution in [1.82, 2.24) is 9.88 Å². The van der Waals surface area contributed by atoms with E-state index < -0.39 is 0 Å². The van der Waals surface area contributed by atoms with Crippen LogP contribution in [0, 0.1) is 13.8 Å². The molecule has 0 saturated carbocycles. The lowest BCUT2D eigenvalue weighted by Gasteiger charge is -2.34. The Hall–Kier alpha value is -2.83. The summed E-state index contributed by atoms with van der Waals surface area (Å²) in [5.41, 5.74) is 4.96. The minimum absolute atomic E-state index is 0.146. The van der Waals surface area contributed by atoms with Crippen molar-refractivity contribution >= 4 is 29.0 Å². The van der Waals surface area contributed by atoms with Crippen LogP contribution < -0.4 is 10.2 Å². The van der Waals surface area contributed by atoms with Crippen molar-refractivity contribution in [2.45, 2.75) is 23.8 Å². The van der Waals surface area contributed by atoms with Crippen LogP contribution in [0.25, 0.3) is 0 Å². The van der Waals surface area contributed by atoms with Gasteiger partial charge in [0.25, 0.3) is 5.91 Å². The smallest absolute Gasteiger partial charge is 0.258 e. The van der Waals surface area contributed by atoms with Crippen LogP contribution in [0.4, 0.5) is 11.4 Å². The van der Waals surface area contributed by atoms with E-state index >= 15 is 0 Å². The van der Waals surface area contributed by atoms with Gasteiger partial charge in [0, 0.05) is 48.6 Å². The van der Waals surface area contributed by atoms with Crippen molar-refractivity contribution in [2.24, 2.45) is 0 Å². The second kappa shape index (κ2) is 9.54. The number of anilines is 2. The van der Waals surface area contributed by atoms with E-state index in [2.05, 4.69) is 71.3 Å². The van der Waals surface area contributed by atoms with Crippen LogP contribution in [0.3, 0.4) is 0 Å². The maximum absolute atomic E-state index is 13.0. The number of benzene rings is 2. The Balaban J connectivity index is 1.46. The summed E-state index contributed by atoms with van der Waals surface area (Å²) in [6.07, 6.45) is 1.73. The average Bonchev–Trinajstić information content (AvgIpc) is 2.77. The van der Waals surface area contributed by atoms with Crippen molar-refractivity contribution < 1.29 is 4.79 Å². The lowest BCUT2D eigenvalue weighted by atomic mass is 10.2. The number of likely N-dealkylation sites (N-methyl/N-ethyl adjacent to an activating group) is 1. The third-order valence-corrected chi connectivity index (χ3v) is 6.74. The highest BCUT2D eigenvalue weighted by atomic mass is 32.2. The van der Waals surface area contributed by atoms with E-state index in [0.29, 0.717) is 10.6 Å². The van der Waals surface area contributed by atoms with Crippen molar-refractivity contribution in [3.63, 3.8) is 0 Å². The topological polar surface area (TPSA) is 48.5 Å². The predicted molar refractivity (Wildman–Crippen MR) is 128 cm³/mol. The van der Waals surface area contributed by atoms with E-state index in [4.69, 9.17) is 0 Å². The molecule has 0 aliphatic carbocycles. The molecule has 1 aliphatic rings. The number of carbonyl (C=O) groups is 1. The molecule has 1 aromatic heterocycles. The van der Waals surface area contributed by atoms with Crippen LogP contribution in [0.2, 0.25) is 0 Å². The zero-order chi connectivity index (χ0) is 21.8. The highest BCUT2D eigenvalue weighted by Gasteiger charge is 2.16. The number of piperazine rings is 1. The van der Waals surface area contributed by atoms with Crippen molar-refractivity contribution in [3.05, 3.63) is 77.5 Å². The molecule has 2 heterocycles. The van der Waals surface area contributed by atoms with E-state index in [1.54, 1.807) is 12.3 Å². The van der Waals surface area contributed by atoms with Gasteiger partial charge in [0.05, 0.1) is 5.56 Å². The fourth-order valence-corrected chi connectivity index (χ4v) is 4.63. The third-order valence-electron chi connectivity index (χ3n) is 5.55. The molecule has 1 aliphatic heterocycles. The van der Waals surface area contributed by atoms with E-state index in [1.165, 1.54) is 28.6 Å². The van der Waals surface area contributed by atoms with Gasteiger partial charge in [0.15, 0.2) is 0 Å². The predicted octanol–water partition coefficient (Wildman–Crippen LogP) is 4.85. The molecular formula is C25H28N4OS. The molecule has 0 bridgehead atoms. The van der Waals surface area contributed by atoms with E-state index in [9.17, 15) is 4.79 Å². The van der Waals surface area contributed by atoms with E-state index in [1.807, 2.05) is 18.2 Å². The zero-order valence-corrected chi connectivity index (χ0v) is 19.1. The maximum Gasteiger partial charge on any atom is 0.258 e. The Morgan fingerprint density at radius 2 is 1.74 bits per heavy atom. The van der Waals surface area contributed by atoms with Crippen LogP contribution in [-0.2, 0) is 0 Å². The van der Waals surface area contributed by atoms with Gasteiger partial charge in [-0.3, -0.25) is 4.79 Å². The van der Waals surface area contributed by atoms with Crippen molar-refractivity contribution in [2.75, 3.05) is 43.4 Å². The molecule has 1 saturated heterocycles. The van der Waals surface area contributed by atoms with Gasteiger partial charge >= 0.3 is 0 Å². The minimum atomic E-state index is -0.146. The van der Waals surface area contributed by atoms with Gasteiger partial charge in [0.1, 0.15) is 5.03 Å². The molecule has 4 rings (SSSR count). The van der Waals surface area contributed by atoms with Crippen LogP contribution in [0.5, 0.6) is 0 Å². The molecule has 31 heavy (non-hydrogen) atoms. The zero-order valence-electron chi connectivity index (χ0n) is 18.3. The molecule has 6 heteroatoms. The summed E-state index contributed by atoms with van der Waals surface area (Å²) in [4.78, 5) is 23.3. The first-order chi connectivity index (χ1) is 15.0. The fraction of sp³-hybridized carbons (Fsp3) is 0.280. The van der Waals surface area contributed by atoms with E-state index in [-0.39, 0.29) is 5.91 Å². The largest absolute Gasteiger partial charge is 0.369 e. The quantitative estimate of drug-likeness (QED) is 0.624. The minimum Gasteiger partial charge on any atom is -0.369 e. The summed E-state index contributed by atoms with van der Waals surface area (Å²) < 4.78 is 0. The summed E-state index contributed by atoms with van der Waals surface area (Å²) in [6, 6.07) is 18.0. The number of amides is 1. The first kappa shape index (κ1) is 21.4. The van der Waals surface area contributed by atoms with Crippen LogP contribution in [-0.4, -0.2) is 49.0 Å². The number of hydrogen-bond donors (Lipinski definition) is 1. The van der Waals surface area contributed by atoms with Gasteiger partial charge in [-0.2, -0.15) is 0 Å². The molecule has 160 valence electrons. The van der Waals surface area contributed by atoms with Gasteiger partial charge in [-0.1, -0.05) is 29.5 Å². The molecule has 0 spiro atoms. The Morgan fingerprint density at radius 3 is 2.45 bits per heavy atom. The van der Waals surface area contributed by atoms with Gasteiger partial charge in [-0.05, 0) is 68.9 Å². The summed E-state index contributed by atoms with van der Waals surface area (Å²) in [5, 5.41) is 3.74. The van der Waals surface area contributed by atoms with Gasteiger partial charge in [-0.25, -0.2) is 4.98 Å². The fourth-order valence-electron chi connectivity index (χ4n) is 3.68. The molecule has 3 aromatic rings. The van der Waals surface area contributed by atoms with Gasteiger partial charge in [0.2, 0.25) is 0 Å². The van der Waals surface area contributed by atoms with Crippen LogP contribution in [0.15, 0.2) is 70.7 Å². The molecule has 2 aromatic carbocycles. The number of nitrogens with one attached hydrogen (secondary N) is 1. The normalized spacial score (nSPS) is 14.5. The van der Waals surface area contributed by atoms with Crippen molar-refractivity contribution in [3.8, 4) is 0 Å². The first-order valence-electron chi connectivity index (χ1n) is 10.5. The van der Waals surface area contributed by atoms with Crippen LogP contribution >= 0.6 is 11.8 Å². The number of pyridine rings is 1. The number of aryl methyl sites for hydroxylation is 2. The SMILES string of the molecule is Cc1ccc(Sc2ncccc2C(=O)Nc2ccc(N3CCN(C)CC3)cc2)c(C)c1. The maximum atomic E-state index is 13.0. The lowest BCUT2D eigenvalue weighted by Crippen LogP contribution is -2.44. The number of rotatable bonds is 5. The molecule has 1 N–H and O–H groups in total. The Labute approximate surface area is 188 Å². The molecular weight excluding hydrogens is 404 g/mol. The van der Waals surface area contributed by atoms with Crippen LogP contribution in [0.1, 0.15) is 21.5 Å². The van der Waals surface area contributed by atoms with Gasteiger partial charge in [-0.15, -0.1) is 0 Å². The molecule has 0 atom stereocenters.